The predicted molar refractivity (Wildman–Crippen MR) is 84.0 cm³/mol. The molecular weight excluding hydrogens is 278 g/mol. The molecule has 0 saturated carbocycles. The maximum atomic E-state index is 12.2. The van der Waals surface area contributed by atoms with Gasteiger partial charge in [-0.25, -0.2) is 4.79 Å². The number of rotatable bonds is 4. The molecule has 2 rings (SSSR count). The molecule has 0 aliphatic carbocycles. The molecule has 0 bridgehead atoms. The van der Waals surface area contributed by atoms with Crippen LogP contribution in [-0.2, 0) is 6.54 Å². The van der Waals surface area contributed by atoms with Gasteiger partial charge in [0.15, 0.2) is 0 Å². The molecule has 0 unspecified atom stereocenters. The molecule has 5 heteroatoms. The molecular formula is C17H23N3O2. The van der Waals surface area contributed by atoms with Crippen LogP contribution in [-0.4, -0.2) is 35.7 Å². The van der Waals surface area contributed by atoms with Crippen molar-refractivity contribution in [3.05, 3.63) is 35.4 Å². The second-order valence-electron chi connectivity index (χ2n) is 5.97. The fourth-order valence-corrected chi connectivity index (χ4v) is 2.79. The first-order chi connectivity index (χ1) is 10.6. The van der Waals surface area contributed by atoms with E-state index in [1.807, 2.05) is 17.0 Å². The fourth-order valence-electron chi connectivity index (χ4n) is 2.79. The monoisotopic (exact) mass is 301 g/mol. The van der Waals surface area contributed by atoms with Crippen LogP contribution < -0.4 is 5.32 Å². The van der Waals surface area contributed by atoms with E-state index in [1.54, 1.807) is 12.1 Å². The van der Waals surface area contributed by atoms with Gasteiger partial charge in [-0.15, -0.1) is 0 Å². The van der Waals surface area contributed by atoms with Crippen molar-refractivity contribution in [3.63, 3.8) is 0 Å². The maximum Gasteiger partial charge on any atom is 0.317 e. The number of urea groups is 1. The second kappa shape index (κ2) is 7.28. The van der Waals surface area contributed by atoms with Crippen LogP contribution >= 0.6 is 0 Å². The molecule has 1 saturated heterocycles. The van der Waals surface area contributed by atoms with Crippen LogP contribution in [0.25, 0.3) is 0 Å². The van der Waals surface area contributed by atoms with E-state index in [0.29, 0.717) is 25.2 Å². The number of aliphatic hydroxyl groups is 1. The molecule has 1 aromatic rings. The Morgan fingerprint density at radius 3 is 2.50 bits per heavy atom. The van der Waals surface area contributed by atoms with E-state index in [9.17, 15) is 9.90 Å². The third kappa shape index (κ3) is 3.77. The van der Waals surface area contributed by atoms with Crippen LogP contribution in [0.5, 0.6) is 0 Å². The number of likely N-dealkylation sites (tertiary alicyclic amines) is 1. The van der Waals surface area contributed by atoms with Gasteiger partial charge < -0.3 is 15.3 Å². The molecule has 2 amide bonds. The van der Waals surface area contributed by atoms with Crippen molar-refractivity contribution in [3.8, 4) is 6.07 Å². The molecule has 1 aliphatic rings. The Morgan fingerprint density at radius 2 is 2.00 bits per heavy atom. The van der Waals surface area contributed by atoms with Crippen molar-refractivity contribution in [1.29, 1.82) is 5.26 Å². The summed E-state index contributed by atoms with van der Waals surface area (Å²) in [4.78, 5) is 14.0. The van der Waals surface area contributed by atoms with Crippen molar-refractivity contribution in [2.24, 2.45) is 5.41 Å². The van der Waals surface area contributed by atoms with Gasteiger partial charge in [0.2, 0.25) is 0 Å². The van der Waals surface area contributed by atoms with Gasteiger partial charge in [0.25, 0.3) is 0 Å². The molecule has 1 fully saturated rings. The Labute approximate surface area is 131 Å². The van der Waals surface area contributed by atoms with Gasteiger partial charge in [0.05, 0.1) is 11.6 Å². The van der Waals surface area contributed by atoms with Gasteiger partial charge in [-0.05, 0) is 42.4 Å². The van der Waals surface area contributed by atoms with E-state index < -0.39 is 0 Å². The summed E-state index contributed by atoms with van der Waals surface area (Å²) in [5.41, 5.74) is 1.58. The summed E-state index contributed by atoms with van der Waals surface area (Å²) in [7, 11) is 0. The van der Waals surface area contributed by atoms with E-state index in [1.165, 1.54) is 0 Å². The Bertz CT molecular complexity index is 534. The first kappa shape index (κ1) is 16.3. The smallest absolute Gasteiger partial charge is 0.317 e. The molecule has 2 N–H and O–H groups in total. The number of nitrogens with one attached hydrogen (secondary N) is 1. The lowest BCUT2D eigenvalue weighted by atomic mass is 9.77. The fraction of sp³-hybridized carbons (Fsp3) is 0.529. The third-order valence-electron chi connectivity index (χ3n) is 4.72. The molecule has 1 aliphatic heterocycles. The second-order valence-corrected chi connectivity index (χ2v) is 5.97. The summed E-state index contributed by atoms with van der Waals surface area (Å²) >= 11 is 0. The van der Waals surface area contributed by atoms with Crippen molar-refractivity contribution in [1.82, 2.24) is 10.2 Å². The summed E-state index contributed by atoms with van der Waals surface area (Å²) in [5.74, 6) is 0. The zero-order chi connectivity index (χ0) is 16.0. The van der Waals surface area contributed by atoms with Crippen LogP contribution in [0.2, 0.25) is 0 Å². The Kier molecular flexibility index (Phi) is 5.40. The quantitative estimate of drug-likeness (QED) is 0.895. The molecule has 0 radical (unpaired) electrons. The Morgan fingerprint density at radius 1 is 1.36 bits per heavy atom. The molecule has 1 heterocycles. The highest BCUT2D eigenvalue weighted by atomic mass is 16.3. The largest absolute Gasteiger partial charge is 0.396 e. The lowest BCUT2D eigenvalue weighted by Gasteiger charge is -2.40. The number of nitrogens with zero attached hydrogens (tertiary/aromatic N) is 2. The molecule has 118 valence electrons. The standard InChI is InChI=1S/C17H23N3O2/c1-2-17(13-21)7-9-20(10-8-17)16(22)19-12-15-5-3-14(11-18)4-6-15/h3-6,21H,2,7-10,12-13H2,1H3,(H,19,22). The SMILES string of the molecule is CCC1(CO)CCN(C(=O)NCc2ccc(C#N)cc2)CC1. The number of benzene rings is 1. The Hall–Kier alpha value is -2.06. The molecule has 22 heavy (non-hydrogen) atoms. The molecule has 1 aromatic carbocycles. The van der Waals surface area contributed by atoms with Crippen LogP contribution in [0.1, 0.15) is 37.3 Å². The summed E-state index contributed by atoms with van der Waals surface area (Å²) < 4.78 is 0. The Balaban J connectivity index is 1.82. The number of piperidine rings is 1. The molecule has 0 atom stereocenters. The summed E-state index contributed by atoms with van der Waals surface area (Å²) in [6, 6.07) is 9.21. The minimum atomic E-state index is -0.0630. The van der Waals surface area contributed by atoms with E-state index in [-0.39, 0.29) is 18.1 Å². The first-order valence-corrected chi connectivity index (χ1v) is 7.75. The van der Waals surface area contributed by atoms with Crippen LogP contribution in [0.15, 0.2) is 24.3 Å². The van der Waals surface area contributed by atoms with Crippen LogP contribution in [0, 0.1) is 16.7 Å². The normalized spacial score (nSPS) is 16.9. The summed E-state index contributed by atoms with van der Waals surface area (Å²) in [6.07, 6.45) is 2.65. The molecule has 0 spiro atoms. The van der Waals surface area contributed by atoms with E-state index >= 15 is 0 Å². The van der Waals surface area contributed by atoms with Crippen molar-refractivity contribution >= 4 is 6.03 Å². The lowest BCUT2D eigenvalue weighted by Crippen LogP contribution is -2.48. The number of aliphatic hydroxyl groups excluding tert-OH is 1. The number of hydrogen-bond acceptors (Lipinski definition) is 3. The average Bonchev–Trinajstić information content (AvgIpc) is 2.60. The average molecular weight is 301 g/mol. The van der Waals surface area contributed by atoms with E-state index in [2.05, 4.69) is 18.3 Å². The topological polar surface area (TPSA) is 76.4 Å². The highest BCUT2D eigenvalue weighted by Gasteiger charge is 2.33. The molecule has 5 nitrogen and oxygen atoms in total. The van der Waals surface area contributed by atoms with Crippen molar-refractivity contribution in [2.75, 3.05) is 19.7 Å². The van der Waals surface area contributed by atoms with Gasteiger partial charge in [-0.3, -0.25) is 0 Å². The number of carbonyl (C=O) groups excluding carboxylic acids is 1. The predicted octanol–water partition coefficient (Wildman–Crippen LogP) is 2.25. The zero-order valence-corrected chi connectivity index (χ0v) is 13.0. The summed E-state index contributed by atoms with van der Waals surface area (Å²) in [6.45, 7) is 4.13. The van der Waals surface area contributed by atoms with Gasteiger partial charge in [0.1, 0.15) is 0 Å². The first-order valence-electron chi connectivity index (χ1n) is 7.75. The number of amides is 2. The number of hydrogen-bond donors (Lipinski definition) is 2. The highest BCUT2D eigenvalue weighted by Crippen LogP contribution is 2.34. The zero-order valence-electron chi connectivity index (χ0n) is 13.0. The van der Waals surface area contributed by atoms with Crippen LogP contribution in [0.3, 0.4) is 0 Å². The lowest BCUT2D eigenvalue weighted by molar-refractivity contribution is 0.0519. The van der Waals surface area contributed by atoms with Crippen molar-refractivity contribution < 1.29 is 9.90 Å². The van der Waals surface area contributed by atoms with Gasteiger partial charge in [-0.1, -0.05) is 19.1 Å². The van der Waals surface area contributed by atoms with E-state index in [4.69, 9.17) is 5.26 Å². The minimum Gasteiger partial charge on any atom is -0.396 e. The third-order valence-corrected chi connectivity index (χ3v) is 4.72. The summed E-state index contributed by atoms with van der Waals surface area (Å²) in [5, 5.41) is 21.2. The van der Waals surface area contributed by atoms with Crippen LogP contribution in [0.4, 0.5) is 4.79 Å². The number of nitriles is 1. The van der Waals surface area contributed by atoms with Gasteiger partial charge in [-0.2, -0.15) is 5.26 Å². The van der Waals surface area contributed by atoms with Gasteiger partial charge in [0, 0.05) is 26.2 Å². The minimum absolute atomic E-state index is 0.0100. The van der Waals surface area contributed by atoms with Gasteiger partial charge >= 0.3 is 6.03 Å². The number of carbonyl (C=O) groups is 1. The van der Waals surface area contributed by atoms with E-state index in [0.717, 1.165) is 24.8 Å². The highest BCUT2D eigenvalue weighted by molar-refractivity contribution is 5.74. The van der Waals surface area contributed by atoms with Crippen molar-refractivity contribution in [2.45, 2.75) is 32.7 Å². The maximum absolute atomic E-state index is 12.2. The molecule has 0 aromatic heterocycles.